The Morgan fingerprint density at radius 3 is 2.00 bits per heavy atom. The van der Waals surface area contributed by atoms with Crippen molar-refractivity contribution < 1.29 is 18.3 Å². The minimum Gasteiger partial charge on any atom is -0.392 e. The van der Waals surface area contributed by atoms with Gasteiger partial charge in [-0.15, -0.1) is 0 Å². The normalized spacial score (nSPS) is 12.4. The molecule has 2 rings (SSSR count). The third-order valence-corrected chi connectivity index (χ3v) is 3.18. The highest BCUT2D eigenvalue weighted by Crippen LogP contribution is 2.18. The zero-order valence-corrected chi connectivity index (χ0v) is 11.2. The van der Waals surface area contributed by atoms with E-state index in [1.807, 2.05) is 0 Å². The number of rotatable bonds is 4. The van der Waals surface area contributed by atoms with Crippen LogP contribution in [0, 0.1) is 17.5 Å². The van der Waals surface area contributed by atoms with E-state index in [1.165, 1.54) is 18.2 Å². The molecule has 0 radical (unpaired) electrons. The molecule has 5 heteroatoms. The Kier molecular flexibility index (Phi) is 4.68. The Hall–Kier alpha value is -1.52. The predicted octanol–water partition coefficient (Wildman–Crippen LogP) is 3.90. The van der Waals surface area contributed by atoms with E-state index >= 15 is 0 Å². The lowest BCUT2D eigenvalue weighted by Crippen LogP contribution is -2.15. The van der Waals surface area contributed by atoms with Gasteiger partial charge in [-0.1, -0.05) is 23.7 Å². The summed E-state index contributed by atoms with van der Waals surface area (Å²) in [6, 6.07) is 7.29. The van der Waals surface area contributed by atoms with E-state index in [-0.39, 0.29) is 23.4 Å². The van der Waals surface area contributed by atoms with Crippen molar-refractivity contribution in [3.63, 3.8) is 0 Å². The molecule has 20 heavy (non-hydrogen) atoms. The van der Waals surface area contributed by atoms with Gasteiger partial charge in [0.2, 0.25) is 0 Å². The number of aliphatic hydroxyl groups excluding tert-OH is 1. The van der Waals surface area contributed by atoms with Crippen molar-refractivity contribution in [2.45, 2.75) is 18.9 Å². The van der Waals surface area contributed by atoms with Crippen molar-refractivity contribution in [3.05, 3.63) is 70.0 Å². The van der Waals surface area contributed by atoms with Crippen molar-refractivity contribution in [2.24, 2.45) is 0 Å². The van der Waals surface area contributed by atoms with Crippen LogP contribution in [0.5, 0.6) is 0 Å². The Morgan fingerprint density at radius 2 is 1.45 bits per heavy atom. The van der Waals surface area contributed by atoms with Gasteiger partial charge in [0.25, 0.3) is 0 Å². The fraction of sp³-hybridized carbons (Fsp3) is 0.200. The first-order valence-electron chi connectivity index (χ1n) is 6.01. The summed E-state index contributed by atoms with van der Waals surface area (Å²) in [5.41, 5.74) is 0.484. The van der Waals surface area contributed by atoms with E-state index in [9.17, 15) is 18.3 Å². The lowest BCUT2D eigenvalue weighted by molar-refractivity contribution is 0.173. The summed E-state index contributed by atoms with van der Waals surface area (Å²) in [6.07, 6.45) is -0.959. The highest BCUT2D eigenvalue weighted by Gasteiger charge is 2.13. The molecule has 1 unspecified atom stereocenters. The number of aliphatic hydroxyl groups is 1. The molecule has 0 saturated carbocycles. The van der Waals surface area contributed by atoms with Crippen LogP contribution in [0.4, 0.5) is 13.2 Å². The lowest BCUT2D eigenvalue weighted by atomic mass is 10.0. The predicted molar refractivity (Wildman–Crippen MR) is 71.2 cm³/mol. The van der Waals surface area contributed by atoms with Crippen LogP contribution in [0.15, 0.2) is 36.4 Å². The molecule has 1 atom stereocenters. The number of benzene rings is 2. The third-order valence-electron chi connectivity index (χ3n) is 2.94. The molecule has 0 bridgehead atoms. The van der Waals surface area contributed by atoms with Crippen molar-refractivity contribution >= 4 is 11.6 Å². The number of hydrogen-bond acceptors (Lipinski definition) is 1. The minimum atomic E-state index is -0.967. The molecule has 1 N–H and O–H groups in total. The molecular weight excluding hydrogens is 289 g/mol. The van der Waals surface area contributed by atoms with Crippen LogP contribution in [0.2, 0.25) is 5.02 Å². The Labute approximate surface area is 119 Å². The first-order chi connectivity index (χ1) is 9.45. The number of hydrogen-bond donors (Lipinski definition) is 1. The van der Waals surface area contributed by atoms with E-state index < -0.39 is 23.6 Å². The molecule has 0 fully saturated rings. The summed E-state index contributed by atoms with van der Waals surface area (Å²) in [6.45, 7) is 0. The third kappa shape index (κ3) is 3.74. The second-order valence-electron chi connectivity index (χ2n) is 4.53. The maximum Gasteiger partial charge on any atom is 0.129 e. The van der Waals surface area contributed by atoms with Gasteiger partial charge < -0.3 is 5.11 Å². The van der Waals surface area contributed by atoms with Gasteiger partial charge in [0.1, 0.15) is 17.5 Å². The fourth-order valence-corrected chi connectivity index (χ4v) is 2.11. The Morgan fingerprint density at radius 1 is 0.900 bits per heavy atom. The molecule has 0 aliphatic rings. The number of halogens is 4. The monoisotopic (exact) mass is 300 g/mol. The topological polar surface area (TPSA) is 20.2 Å². The first kappa shape index (κ1) is 14.9. The average Bonchev–Trinajstić information content (AvgIpc) is 2.36. The minimum absolute atomic E-state index is 0.0197. The van der Waals surface area contributed by atoms with Crippen molar-refractivity contribution in [3.8, 4) is 0 Å². The standard InChI is InChI=1S/C15H12ClF3O/c16-11-3-1-9(14(18)7-11)5-13(20)6-10-2-4-12(17)8-15(10)19/h1-4,7-8,13,20H,5-6H2. The quantitative estimate of drug-likeness (QED) is 0.908. The summed E-state index contributed by atoms with van der Waals surface area (Å²) in [5.74, 6) is -1.92. The van der Waals surface area contributed by atoms with Crippen LogP contribution >= 0.6 is 11.6 Å². The summed E-state index contributed by atoms with van der Waals surface area (Å²) >= 11 is 5.63. The SMILES string of the molecule is OC(Cc1ccc(F)cc1F)Cc1ccc(Cl)cc1F. The van der Waals surface area contributed by atoms with Crippen molar-refractivity contribution in [1.29, 1.82) is 0 Å². The zero-order chi connectivity index (χ0) is 14.7. The Balaban J connectivity index is 2.07. The molecule has 0 spiro atoms. The van der Waals surface area contributed by atoms with Gasteiger partial charge in [-0.2, -0.15) is 0 Å². The van der Waals surface area contributed by atoms with Crippen LogP contribution in [0.1, 0.15) is 11.1 Å². The molecule has 0 aliphatic heterocycles. The van der Waals surface area contributed by atoms with Crippen molar-refractivity contribution in [1.82, 2.24) is 0 Å². The highest BCUT2D eigenvalue weighted by molar-refractivity contribution is 6.30. The lowest BCUT2D eigenvalue weighted by Gasteiger charge is -2.12. The van der Waals surface area contributed by atoms with Crippen LogP contribution in [0.25, 0.3) is 0 Å². The molecule has 0 heterocycles. The van der Waals surface area contributed by atoms with E-state index in [0.717, 1.165) is 18.2 Å². The smallest absolute Gasteiger partial charge is 0.129 e. The molecule has 1 nitrogen and oxygen atoms in total. The van der Waals surface area contributed by atoms with Crippen LogP contribution in [-0.4, -0.2) is 11.2 Å². The molecule has 0 amide bonds. The second-order valence-corrected chi connectivity index (χ2v) is 4.97. The summed E-state index contributed by atoms with van der Waals surface area (Å²) in [5, 5.41) is 10.2. The van der Waals surface area contributed by atoms with Crippen LogP contribution in [0.3, 0.4) is 0 Å². The molecule has 106 valence electrons. The van der Waals surface area contributed by atoms with Crippen LogP contribution in [-0.2, 0) is 12.8 Å². The largest absolute Gasteiger partial charge is 0.392 e. The summed E-state index contributed by atoms with van der Waals surface area (Å²) in [4.78, 5) is 0. The van der Waals surface area contributed by atoms with Gasteiger partial charge in [-0.05, 0) is 29.3 Å². The maximum absolute atomic E-state index is 13.6. The van der Waals surface area contributed by atoms with Gasteiger partial charge in [0.15, 0.2) is 0 Å². The van der Waals surface area contributed by atoms with E-state index in [4.69, 9.17) is 11.6 Å². The van der Waals surface area contributed by atoms with E-state index in [0.29, 0.717) is 5.56 Å². The average molecular weight is 301 g/mol. The first-order valence-corrected chi connectivity index (χ1v) is 6.39. The van der Waals surface area contributed by atoms with Crippen molar-refractivity contribution in [2.75, 3.05) is 0 Å². The maximum atomic E-state index is 13.6. The summed E-state index contributed by atoms with van der Waals surface area (Å²) < 4.78 is 39.8. The molecular formula is C15H12ClF3O. The zero-order valence-electron chi connectivity index (χ0n) is 10.4. The molecule has 0 aromatic heterocycles. The van der Waals surface area contributed by atoms with E-state index in [1.54, 1.807) is 0 Å². The molecule has 2 aromatic rings. The van der Waals surface area contributed by atoms with Gasteiger partial charge in [-0.25, -0.2) is 13.2 Å². The Bertz CT molecular complexity index is 563. The van der Waals surface area contributed by atoms with Gasteiger partial charge in [-0.3, -0.25) is 0 Å². The van der Waals surface area contributed by atoms with E-state index in [2.05, 4.69) is 0 Å². The fourth-order valence-electron chi connectivity index (χ4n) is 1.95. The molecule has 0 saturated heterocycles. The second kappa shape index (κ2) is 6.29. The molecule has 2 aromatic carbocycles. The van der Waals surface area contributed by atoms with Gasteiger partial charge in [0, 0.05) is 23.9 Å². The highest BCUT2D eigenvalue weighted by atomic mass is 35.5. The molecule has 0 aliphatic carbocycles. The van der Waals surface area contributed by atoms with Gasteiger partial charge >= 0.3 is 0 Å². The van der Waals surface area contributed by atoms with Gasteiger partial charge in [0.05, 0.1) is 6.10 Å². The summed E-state index contributed by atoms with van der Waals surface area (Å²) in [7, 11) is 0. The van der Waals surface area contributed by atoms with Crippen LogP contribution < -0.4 is 0 Å².